The van der Waals surface area contributed by atoms with Gasteiger partial charge in [-0.3, -0.25) is 0 Å². The van der Waals surface area contributed by atoms with Gasteiger partial charge in [0.05, 0.1) is 0 Å². The zero-order chi connectivity index (χ0) is 8.74. The van der Waals surface area contributed by atoms with Gasteiger partial charge in [0, 0.05) is 0 Å². The molecule has 1 unspecified atom stereocenters. The van der Waals surface area contributed by atoms with Gasteiger partial charge in [-0.05, 0) is 0 Å². The van der Waals surface area contributed by atoms with Gasteiger partial charge in [0.1, 0.15) is 0 Å². The Bertz CT molecular complexity index is 117. The fourth-order valence-electron chi connectivity index (χ4n) is 1.00. The molecule has 0 aromatic rings. The molecule has 0 rings (SSSR count). The number of rotatable bonds is 6. The van der Waals surface area contributed by atoms with Crippen molar-refractivity contribution in [1.29, 1.82) is 0 Å². The van der Waals surface area contributed by atoms with Crippen molar-refractivity contribution in [3.63, 3.8) is 0 Å². The number of hydrogen-bond donors (Lipinski definition) is 2. The van der Waals surface area contributed by atoms with Crippen LogP contribution in [-0.4, -0.2) is 33.0 Å². The molecule has 0 aromatic carbocycles. The third-order valence-corrected chi connectivity index (χ3v) is 17.5. The maximum atomic E-state index is 10.8. The third kappa shape index (κ3) is 3.80. The summed E-state index contributed by atoms with van der Waals surface area (Å²) in [5.74, 6) is 0. The average molecular weight is 282 g/mol. The van der Waals surface area contributed by atoms with Gasteiger partial charge < -0.3 is 0 Å². The van der Waals surface area contributed by atoms with Crippen molar-refractivity contribution in [2.24, 2.45) is 5.73 Å². The molecule has 0 amide bonds. The fraction of sp³-hybridized carbons (Fsp3) is 0.857. The first-order valence-electron chi connectivity index (χ1n) is 4.02. The zero-order valence-electron chi connectivity index (χ0n) is 7.05. The van der Waals surface area contributed by atoms with E-state index in [2.05, 4.69) is 19.6 Å². The van der Waals surface area contributed by atoms with Crippen LogP contribution in [0.5, 0.6) is 0 Å². The molecule has 2 nitrogen and oxygen atoms in total. The average Bonchev–Trinajstić information content (AvgIpc) is 2.08. The van der Waals surface area contributed by atoms with Crippen LogP contribution in [0.4, 0.5) is 0 Å². The molecule has 0 saturated carbocycles. The summed E-state index contributed by atoms with van der Waals surface area (Å²) >= 11 is 1.90. The third-order valence-electron chi connectivity index (χ3n) is 2.15. The quantitative estimate of drug-likeness (QED) is 0.434. The Balaban J connectivity index is 3.94. The van der Waals surface area contributed by atoms with E-state index >= 15 is 0 Å². The van der Waals surface area contributed by atoms with Crippen molar-refractivity contribution in [2.75, 3.05) is 10.3 Å². The van der Waals surface area contributed by atoms with Crippen molar-refractivity contribution in [1.82, 2.24) is 0 Å². The summed E-state index contributed by atoms with van der Waals surface area (Å²) in [5, 5.41) is 0. The summed E-state index contributed by atoms with van der Waals surface area (Å²) in [5.41, 5.74) is 5.39. The molecule has 66 valence electrons. The van der Waals surface area contributed by atoms with Gasteiger partial charge in [-0.25, -0.2) is 0 Å². The van der Waals surface area contributed by atoms with Gasteiger partial charge in [0.15, 0.2) is 0 Å². The molecule has 4 heteroatoms. The molecule has 0 aliphatic rings. The Morgan fingerprint density at radius 2 is 2.27 bits per heavy atom. The summed E-state index contributed by atoms with van der Waals surface area (Å²) in [7, 11) is 0. The van der Waals surface area contributed by atoms with Crippen molar-refractivity contribution >= 4 is 35.3 Å². The molecule has 0 aromatic heterocycles. The van der Waals surface area contributed by atoms with Crippen LogP contribution in [0.15, 0.2) is 0 Å². The van der Waals surface area contributed by atoms with E-state index < -0.39 is 18.4 Å². The zero-order valence-corrected chi connectivity index (χ0v) is 10.8. The van der Waals surface area contributed by atoms with Gasteiger partial charge >= 0.3 is 78.4 Å². The molecule has 0 aliphatic carbocycles. The number of nitrogens with two attached hydrogens (primary N) is 1. The maximum absolute atomic E-state index is 10.8. The summed E-state index contributed by atoms with van der Waals surface area (Å²) < 4.78 is 4.22. The number of carbonyl (C=O) groups excluding carboxylic acids is 1. The Morgan fingerprint density at radius 3 is 2.55 bits per heavy atom. The molecule has 0 heterocycles. The minimum absolute atomic E-state index is 0.709. The Kier molecular flexibility index (Phi) is 6.76. The van der Waals surface area contributed by atoms with Gasteiger partial charge in [-0.15, -0.1) is 0 Å². The van der Waals surface area contributed by atoms with E-state index in [1.807, 2.05) is 0 Å². The van der Waals surface area contributed by atoms with Crippen LogP contribution in [0.1, 0.15) is 13.3 Å². The molecule has 1 atom stereocenters. The topological polar surface area (TPSA) is 43.1 Å². The van der Waals surface area contributed by atoms with Gasteiger partial charge in [-0.2, -0.15) is 0 Å². The van der Waals surface area contributed by atoms with Crippen LogP contribution in [0.25, 0.3) is 0 Å². The van der Waals surface area contributed by atoms with Crippen molar-refractivity contribution in [2.45, 2.75) is 22.2 Å². The van der Waals surface area contributed by atoms with Crippen LogP contribution in [-0.2, 0) is 4.79 Å². The number of thiol groups is 1. The van der Waals surface area contributed by atoms with E-state index in [1.54, 1.807) is 0 Å². The van der Waals surface area contributed by atoms with Crippen LogP contribution >= 0.6 is 12.6 Å². The predicted molar refractivity (Wildman–Crippen MR) is 55.3 cm³/mol. The second-order valence-electron chi connectivity index (χ2n) is 2.88. The normalized spacial score (nSPS) is 15.9. The summed E-state index contributed by atoms with van der Waals surface area (Å²) in [6, 6.07) is 0. The van der Waals surface area contributed by atoms with Crippen molar-refractivity contribution < 1.29 is 4.79 Å². The molecule has 0 saturated heterocycles. The summed E-state index contributed by atoms with van der Waals surface area (Å²) in [6.45, 7) is 2.82. The molecule has 0 bridgehead atoms. The SMILES string of the molecule is C[CH2][Sn]([CH]=O)([CH2]S)[CH2]CCN. The van der Waals surface area contributed by atoms with Crippen LogP contribution in [0.2, 0.25) is 8.87 Å². The van der Waals surface area contributed by atoms with Crippen LogP contribution < -0.4 is 5.73 Å². The Hall–Kier alpha value is 0.779. The van der Waals surface area contributed by atoms with Gasteiger partial charge in [0.25, 0.3) is 0 Å². The van der Waals surface area contributed by atoms with E-state index in [1.165, 1.54) is 4.30 Å². The van der Waals surface area contributed by atoms with E-state index in [0.29, 0.717) is 6.54 Å². The molecule has 0 radical (unpaired) electrons. The van der Waals surface area contributed by atoms with E-state index in [-0.39, 0.29) is 0 Å². The first kappa shape index (κ1) is 11.8. The molecule has 0 fully saturated rings. The monoisotopic (exact) mass is 283 g/mol. The Morgan fingerprint density at radius 1 is 1.64 bits per heavy atom. The molecule has 0 spiro atoms. The van der Waals surface area contributed by atoms with Crippen LogP contribution in [0, 0.1) is 0 Å². The van der Waals surface area contributed by atoms with E-state index in [0.717, 1.165) is 19.1 Å². The standard InChI is InChI=1S/C3H8N.C2H5.CHO.CH3S.Sn/c1-2-3-4;3*1-2;/h1-4H2;1H2,2H3;1H;2H,1H2;. The molecule has 0 aliphatic heterocycles. The van der Waals surface area contributed by atoms with E-state index in [4.69, 9.17) is 5.73 Å². The second kappa shape index (κ2) is 6.31. The summed E-state index contributed by atoms with van der Waals surface area (Å²) in [4.78, 5) is 10.8. The summed E-state index contributed by atoms with van der Waals surface area (Å²) in [6.07, 6.45) is 1.00. The van der Waals surface area contributed by atoms with Gasteiger partial charge in [-0.1, -0.05) is 0 Å². The number of hydrogen-bond acceptors (Lipinski definition) is 3. The van der Waals surface area contributed by atoms with Crippen LogP contribution in [0.3, 0.4) is 0 Å². The predicted octanol–water partition coefficient (Wildman–Crippen LogP) is 1.04. The van der Waals surface area contributed by atoms with Crippen molar-refractivity contribution in [3.05, 3.63) is 0 Å². The minimum atomic E-state index is -2.36. The van der Waals surface area contributed by atoms with Crippen molar-refractivity contribution in [3.8, 4) is 0 Å². The first-order chi connectivity index (χ1) is 5.24. The molecule has 2 N–H and O–H groups in total. The number of carbonyl (C=O) groups is 1. The molecule has 11 heavy (non-hydrogen) atoms. The fourth-order valence-corrected chi connectivity index (χ4v) is 9.78. The Labute approximate surface area is 78.2 Å². The molecular formula is C7H17NOSSn. The first-order valence-corrected chi connectivity index (χ1v) is 12.4. The second-order valence-corrected chi connectivity index (χ2v) is 17.8. The van der Waals surface area contributed by atoms with Gasteiger partial charge in [0.2, 0.25) is 0 Å². The van der Waals surface area contributed by atoms with E-state index in [9.17, 15) is 4.79 Å². The molecular weight excluding hydrogens is 265 g/mol.